The average molecular weight is 438 g/mol. The molecule has 0 aliphatic carbocycles. The monoisotopic (exact) mass is 437 g/mol. The van der Waals surface area contributed by atoms with Crippen molar-refractivity contribution in [2.45, 2.75) is 25.2 Å². The summed E-state index contributed by atoms with van der Waals surface area (Å²) in [6, 6.07) is 20.3. The van der Waals surface area contributed by atoms with Crippen molar-refractivity contribution >= 4 is 5.91 Å². The van der Waals surface area contributed by atoms with Gasteiger partial charge in [-0.3, -0.25) is 19.4 Å². The first-order valence-electron chi connectivity index (χ1n) is 11.4. The molecule has 0 N–H and O–H groups in total. The molecule has 6 heteroatoms. The van der Waals surface area contributed by atoms with Gasteiger partial charge in [0.25, 0.3) is 5.91 Å². The van der Waals surface area contributed by atoms with E-state index in [4.69, 9.17) is 4.98 Å². The Balaban J connectivity index is 1.31. The molecule has 6 nitrogen and oxygen atoms in total. The molecule has 3 aromatic heterocycles. The number of carbonyl (C=O) groups excluding carboxylic acids is 1. The third-order valence-electron chi connectivity index (χ3n) is 6.19. The number of pyridine rings is 2. The Labute approximate surface area is 193 Å². The molecule has 1 aromatic carbocycles. The summed E-state index contributed by atoms with van der Waals surface area (Å²) in [5.74, 6) is 0.297. The Morgan fingerprint density at radius 1 is 1.09 bits per heavy atom. The molecule has 4 aromatic rings. The number of piperidine rings is 1. The van der Waals surface area contributed by atoms with E-state index >= 15 is 0 Å². The largest absolute Gasteiger partial charge is 0.338 e. The van der Waals surface area contributed by atoms with Crippen LogP contribution in [0.4, 0.5) is 0 Å². The van der Waals surface area contributed by atoms with Crippen LogP contribution in [0.3, 0.4) is 0 Å². The number of nitrogens with zero attached hydrogens (tertiary/aromatic N) is 5. The number of benzene rings is 1. The molecule has 4 heterocycles. The summed E-state index contributed by atoms with van der Waals surface area (Å²) in [6.45, 7) is 1.45. The van der Waals surface area contributed by atoms with Crippen LogP contribution >= 0.6 is 0 Å². The second kappa shape index (κ2) is 9.36. The Kier molecular flexibility index (Phi) is 5.98. The summed E-state index contributed by atoms with van der Waals surface area (Å²) in [6.07, 6.45) is 8.21. The van der Waals surface area contributed by atoms with E-state index in [2.05, 4.69) is 52.5 Å². The van der Waals surface area contributed by atoms with Crippen LogP contribution < -0.4 is 0 Å². The predicted molar refractivity (Wildman–Crippen MR) is 128 cm³/mol. The first-order chi connectivity index (χ1) is 16.2. The number of aromatic nitrogens is 4. The fourth-order valence-electron chi connectivity index (χ4n) is 4.49. The van der Waals surface area contributed by atoms with Crippen LogP contribution in [0.2, 0.25) is 0 Å². The molecule has 0 saturated carbocycles. The molecular weight excluding hydrogens is 410 g/mol. The molecule has 1 atom stereocenters. The van der Waals surface area contributed by atoms with E-state index in [0.29, 0.717) is 12.1 Å². The summed E-state index contributed by atoms with van der Waals surface area (Å²) in [5.41, 5.74) is 5.73. The Morgan fingerprint density at radius 2 is 1.97 bits per heavy atom. The van der Waals surface area contributed by atoms with Crippen molar-refractivity contribution in [2.75, 3.05) is 13.1 Å². The number of hydrogen-bond donors (Lipinski definition) is 0. The number of hydrogen-bond acceptors (Lipinski definition) is 4. The van der Waals surface area contributed by atoms with Crippen molar-refractivity contribution < 1.29 is 4.79 Å². The van der Waals surface area contributed by atoms with Crippen molar-refractivity contribution in [1.82, 2.24) is 24.6 Å². The summed E-state index contributed by atoms with van der Waals surface area (Å²) in [4.78, 5) is 24.7. The first kappa shape index (κ1) is 21.1. The molecule has 166 valence electrons. The minimum absolute atomic E-state index is 0.0488. The molecule has 1 aliphatic rings. The highest BCUT2D eigenvalue weighted by atomic mass is 16.2. The number of carbonyl (C=O) groups is 1. The van der Waals surface area contributed by atoms with Gasteiger partial charge in [0.05, 0.1) is 11.9 Å². The summed E-state index contributed by atoms with van der Waals surface area (Å²) in [7, 11) is 1.87. The van der Waals surface area contributed by atoms with Crippen LogP contribution in [-0.2, 0) is 13.5 Å². The molecule has 1 amide bonds. The minimum Gasteiger partial charge on any atom is -0.338 e. The van der Waals surface area contributed by atoms with E-state index in [1.54, 1.807) is 23.1 Å². The molecular formula is C27H27N5O. The van der Waals surface area contributed by atoms with Crippen molar-refractivity contribution in [3.05, 3.63) is 102 Å². The van der Waals surface area contributed by atoms with Gasteiger partial charge in [0, 0.05) is 67.4 Å². The van der Waals surface area contributed by atoms with Crippen molar-refractivity contribution in [3.8, 4) is 11.3 Å². The normalized spacial score (nSPS) is 16.0. The molecule has 5 rings (SSSR count). The van der Waals surface area contributed by atoms with Crippen molar-refractivity contribution in [1.29, 1.82) is 0 Å². The van der Waals surface area contributed by atoms with Crippen LogP contribution in [0.1, 0.15) is 46.1 Å². The van der Waals surface area contributed by atoms with Crippen molar-refractivity contribution in [3.63, 3.8) is 0 Å². The van der Waals surface area contributed by atoms with Crippen molar-refractivity contribution in [2.24, 2.45) is 7.05 Å². The van der Waals surface area contributed by atoms with Crippen LogP contribution in [0, 0.1) is 0 Å². The third kappa shape index (κ3) is 4.85. The highest BCUT2D eigenvalue weighted by Crippen LogP contribution is 2.27. The van der Waals surface area contributed by atoms with Gasteiger partial charge >= 0.3 is 0 Å². The minimum atomic E-state index is 0.0488. The van der Waals surface area contributed by atoms with Gasteiger partial charge in [-0.1, -0.05) is 36.4 Å². The van der Waals surface area contributed by atoms with Gasteiger partial charge in [-0.2, -0.15) is 5.10 Å². The van der Waals surface area contributed by atoms with Gasteiger partial charge in [-0.05, 0) is 42.7 Å². The van der Waals surface area contributed by atoms with E-state index in [-0.39, 0.29) is 11.8 Å². The summed E-state index contributed by atoms with van der Waals surface area (Å²) < 4.78 is 1.74. The maximum Gasteiger partial charge on any atom is 0.254 e. The van der Waals surface area contributed by atoms with Gasteiger partial charge in [-0.25, -0.2) is 0 Å². The SMILES string of the molecule is Cn1cc(-c2cc(C(=O)N3CCCC(c4cccc(Cc5ccccc5)n4)C3)ccn2)cn1. The zero-order valence-corrected chi connectivity index (χ0v) is 18.8. The molecule has 0 bridgehead atoms. The Bertz CT molecular complexity index is 1250. The second-order valence-corrected chi connectivity index (χ2v) is 8.64. The van der Waals surface area contributed by atoms with E-state index in [0.717, 1.165) is 48.5 Å². The Hall–Kier alpha value is -3.80. The lowest BCUT2D eigenvalue weighted by molar-refractivity contribution is 0.0706. The van der Waals surface area contributed by atoms with Crippen LogP contribution in [-0.4, -0.2) is 43.6 Å². The number of aryl methyl sites for hydroxylation is 1. The van der Waals surface area contributed by atoms with E-state index < -0.39 is 0 Å². The van der Waals surface area contributed by atoms with Crippen LogP contribution in [0.25, 0.3) is 11.3 Å². The fraction of sp³-hybridized carbons (Fsp3) is 0.259. The lowest BCUT2D eigenvalue weighted by Gasteiger charge is -2.32. The quantitative estimate of drug-likeness (QED) is 0.462. The van der Waals surface area contributed by atoms with Crippen LogP contribution in [0.15, 0.2) is 79.3 Å². The number of rotatable bonds is 5. The second-order valence-electron chi connectivity index (χ2n) is 8.64. The fourth-order valence-corrected chi connectivity index (χ4v) is 4.49. The van der Waals surface area contributed by atoms with Gasteiger partial charge < -0.3 is 4.90 Å². The topological polar surface area (TPSA) is 63.9 Å². The van der Waals surface area contributed by atoms with E-state index in [1.165, 1.54) is 5.56 Å². The predicted octanol–water partition coefficient (Wildman–Crippen LogP) is 4.49. The molecule has 33 heavy (non-hydrogen) atoms. The van der Waals surface area contributed by atoms with Gasteiger partial charge in [0.1, 0.15) is 0 Å². The molecule has 0 radical (unpaired) electrons. The summed E-state index contributed by atoms with van der Waals surface area (Å²) >= 11 is 0. The molecule has 1 saturated heterocycles. The zero-order valence-electron chi connectivity index (χ0n) is 18.8. The molecule has 1 fully saturated rings. The molecule has 0 spiro atoms. The van der Waals surface area contributed by atoms with Gasteiger partial charge in [0.15, 0.2) is 0 Å². The highest BCUT2D eigenvalue weighted by molar-refractivity contribution is 5.95. The smallest absolute Gasteiger partial charge is 0.254 e. The molecule has 1 unspecified atom stereocenters. The number of likely N-dealkylation sites (tertiary alicyclic amines) is 1. The number of amides is 1. The lowest BCUT2D eigenvalue weighted by atomic mass is 9.93. The summed E-state index contributed by atoms with van der Waals surface area (Å²) in [5, 5.41) is 4.21. The highest BCUT2D eigenvalue weighted by Gasteiger charge is 2.26. The standard InChI is InChI=1S/C27H27N5O/c1-31-18-23(17-29-31)26-16-21(12-13-28-26)27(33)32-14-6-9-22(19-32)25-11-5-10-24(30-25)15-20-7-3-2-4-8-20/h2-5,7-8,10-13,16-18,22H,6,9,14-15,19H2,1H3. The van der Waals surface area contributed by atoms with Gasteiger partial charge in [0.2, 0.25) is 0 Å². The van der Waals surface area contributed by atoms with Gasteiger partial charge in [-0.15, -0.1) is 0 Å². The molecule has 1 aliphatic heterocycles. The lowest BCUT2D eigenvalue weighted by Crippen LogP contribution is -2.39. The van der Waals surface area contributed by atoms with E-state index in [1.807, 2.05) is 30.3 Å². The maximum atomic E-state index is 13.3. The Morgan fingerprint density at radius 3 is 2.79 bits per heavy atom. The third-order valence-corrected chi connectivity index (χ3v) is 6.19. The maximum absolute atomic E-state index is 13.3. The van der Waals surface area contributed by atoms with Crippen LogP contribution in [0.5, 0.6) is 0 Å². The first-order valence-corrected chi connectivity index (χ1v) is 11.4. The zero-order chi connectivity index (χ0) is 22.6. The van der Waals surface area contributed by atoms with E-state index in [9.17, 15) is 4.79 Å². The average Bonchev–Trinajstić information content (AvgIpc) is 3.31.